The minimum absolute atomic E-state index is 0.0694. The molecule has 1 amide bonds. The molecule has 0 spiro atoms. The normalized spacial score (nSPS) is 21.8. The lowest BCUT2D eigenvalue weighted by Gasteiger charge is -2.15. The van der Waals surface area contributed by atoms with Gasteiger partial charge in [0.25, 0.3) is 10.0 Å². The molecule has 102 valence electrons. The van der Waals surface area contributed by atoms with Gasteiger partial charge in [-0.15, -0.1) is 0 Å². The summed E-state index contributed by atoms with van der Waals surface area (Å²) in [6.45, 7) is 3.49. The zero-order chi connectivity index (χ0) is 14.2. The summed E-state index contributed by atoms with van der Waals surface area (Å²) < 4.78 is 32.1. The summed E-state index contributed by atoms with van der Waals surface area (Å²) in [5, 5.41) is 0. The predicted molar refractivity (Wildman–Crippen MR) is 78.2 cm³/mol. The van der Waals surface area contributed by atoms with Gasteiger partial charge >= 0.3 is 6.09 Å². The van der Waals surface area contributed by atoms with E-state index >= 15 is 0 Å². The van der Waals surface area contributed by atoms with E-state index in [1.165, 1.54) is 12.1 Å². The topological polar surface area (TPSA) is 63.7 Å². The summed E-state index contributed by atoms with van der Waals surface area (Å²) in [5.41, 5.74) is 1.27. The monoisotopic (exact) mass is 393 g/mol. The van der Waals surface area contributed by atoms with Gasteiger partial charge in [-0.2, -0.15) is 4.31 Å². The maximum Gasteiger partial charge on any atom is 0.429 e. The number of halogens is 1. The zero-order valence-corrected chi connectivity index (χ0v) is 13.3. The van der Waals surface area contributed by atoms with Gasteiger partial charge in [-0.3, -0.25) is 0 Å². The number of nitrogens with zero attached hydrogens (tertiary/aromatic N) is 1. The lowest BCUT2D eigenvalue weighted by Crippen LogP contribution is -2.30. The minimum Gasteiger partial charge on any atom is -0.439 e. The van der Waals surface area contributed by atoms with E-state index in [1.807, 2.05) is 29.5 Å². The third-order valence-corrected chi connectivity index (χ3v) is 5.11. The van der Waals surface area contributed by atoms with Crippen LogP contribution >= 0.6 is 22.6 Å². The van der Waals surface area contributed by atoms with Crippen molar-refractivity contribution in [3.63, 3.8) is 0 Å². The third-order valence-electron chi connectivity index (χ3n) is 2.77. The van der Waals surface area contributed by atoms with Crippen LogP contribution in [0.2, 0.25) is 0 Å². The molecule has 0 aliphatic carbocycles. The Morgan fingerprint density at radius 3 is 2.42 bits per heavy atom. The van der Waals surface area contributed by atoms with E-state index in [1.54, 1.807) is 23.1 Å². The van der Waals surface area contributed by atoms with Crippen LogP contribution in [-0.4, -0.2) is 24.9 Å². The number of cyclic esters (lactones) is 1. The summed E-state index contributed by atoms with van der Waals surface area (Å²) in [7, 11) is -3.91. The second-order valence-corrected chi connectivity index (χ2v) is 6.55. The highest BCUT2D eigenvalue weighted by Gasteiger charge is 2.42. The third kappa shape index (κ3) is 2.48. The quantitative estimate of drug-likeness (QED) is 0.725. The predicted octanol–water partition coefficient (Wildman–Crippen LogP) is 2.80. The van der Waals surface area contributed by atoms with Crippen molar-refractivity contribution < 1.29 is 17.9 Å². The second-order valence-electron chi connectivity index (χ2n) is 4.14. The molecule has 1 aliphatic rings. The largest absolute Gasteiger partial charge is 0.439 e. The molecular formula is C12H12INO4S. The van der Waals surface area contributed by atoms with Crippen LogP contribution in [0.25, 0.3) is 0 Å². The molecule has 1 aromatic rings. The molecule has 1 unspecified atom stereocenters. The Bertz CT molecular complexity index is 636. The van der Waals surface area contributed by atoms with Gasteiger partial charge < -0.3 is 4.74 Å². The van der Waals surface area contributed by atoms with E-state index in [9.17, 15) is 13.2 Å². The first-order valence-electron chi connectivity index (χ1n) is 5.51. The number of benzene rings is 1. The molecule has 2 rings (SSSR count). The van der Waals surface area contributed by atoms with Crippen LogP contribution in [0.15, 0.2) is 38.9 Å². The maximum atomic E-state index is 12.5. The Labute approximate surface area is 125 Å². The summed E-state index contributed by atoms with van der Waals surface area (Å²) in [6.07, 6.45) is -1.43. The molecule has 0 aromatic heterocycles. The molecule has 1 atom stereocenters. The van der Waals surface area contributed by atoms with Crippen molar-refractivity contribution in [2.24, 2.45) is 0 Å². The summed E-state index contributed by atoms with van der Waals surface area (Å²) in [4.78, 5) is 11.8. The summed E-state index contributed by atoms with van der Waals surface area (Å²) in [6, 6.07) is 6.33. The fourth-order valence-corrected chi connectivity index (χ4v) is 4.10. The Morgan fingerprint density at radius 1 is 1.32 bits per heavy atom. The number of hydrogen-bond acceptors (Lipinski definition) is 4. The number of aryl methyl sites for hydroxylation is 1. The number of ether oxygens (including phenoxy) is 1. The van der Waals surface area contributed by atoms with Gasteiger partial charge in [0.15, 0.2) is 0 Å². The van der Waals surface area contributed by atoms with Gasteiger partial charge in [-0.25, -0.2) is 13.2 Å². The van der Waals surface area contributed by atoms with Crippen LogP contribution in [0.5, 0.6) is 0 Å². The van der Waals surface area contributed by atoms with Crippen molar-refractivity contribution in [1.29, 1.82) is 0 Å². The van der Waals surface area contributed by atoms with Crippen molar-refractivity contribution in [2.45, 2.75) is 24.8 Å². The van der Waals surface area contributed by atoms with Crippen LogP contribution in [0.1, 0.15) is 12.5 Å². The Kier molecular flexibility index (Phi) is 3.86. The Hall–Kier alpha value is -1.09. The second kappa shape index (κ2) is 5.12. The molecule has 5 nitrogen and oxygen atoms in total. The van der Waals surface area contributed by atoms with Gasteiger partial charge in [-0.1, -0.05) is 40.3 Å². The first-order chi connectivity index (χ1) is 8.87. The minimum atomic E-state index is -3.91. The first-order valence-corrected chi connectivity index (χ1v) is 8.19. The molecule has 1 heterocycles. The van der Waals surface area contributed by atoms with Crippen molar-refractivity contribution >= 4 is 38.7 Å². The lowest BCUT2D eigenvalue weighted by atomic mass is 10.2. The fraction of sp³-hybridized carbons (Fsp3) is 0.250. The standard InChI is InChI=1S/C12H12INO4S/c1-8-3-5-10(6-4-8)19(16,17)14-11(7-13)9(2)18-12(14)15/h3-7,9H,1-2H3/b11-7+. The van der Waals surface area contributed by atoms with Crippen LogP contribution in [-0.2, 0) is 14.8 Å². The highest BCUT2D eigenvalue weighted by atomic mass is 127. The molecular weight excluding hydrogens is 381 g/mol. The lowest BCUT2D eigenvalue weighted by molar-refractivity contribution is 0.146. The summed E-state index contributed by atoms with van der Waals surface area (Å²) in [5.74, 6) is 0. The molecule has 0 saturated carbocycles. The van der Waals surface area contributed by atoms with E-state index < -0.39 is 22.2 Å². The van der Waals surface area contributed by atoms with Crippen molar-refractivity contribution in [3.8, 4) is 0 Å². The van der Waals surface area contributed by atoms with E-state index in [0.717, 1.165) is 9.87 Å². The van der Waals surface area contributed by atoms with E-state index in [0.29, 0.717) is 5.70 Å². The molecule has 1 saturated heterocycles. The molecule has 0 bridgehead atoms. The SMILES string of the molecule is Cc1ccc(S(=O)(=O)N2C(=O)OC(C)/C2=C\I)cc1. The van der Waals surface area contributed by atoms with Crippen molar-refractivity contribution in [1.82, 2.24) is 4.31 Å². The highest BCUT2D eigenvalue weighted by Crippen LogP contribution is 2.30. The molecule has 1 aliphatic heterocycles. The number of amides is 1. The maximum absolute atomic E-state index is 12.5. The first kappa shape index (κ1) is 14.3. The smallest absolute Gasteiger partial charge is 0.429 e. The van der Waals surface area contributed by atoms with Gasteiger partial charge in [0.2, 0.25) is 0 Å². The molecule has 0 radical (unpaired) electrons. The highest BCUT2D eigenvalue weighted by molar-refractivity contribution is 14.1. The Balaban J connectivity index is 2.50. The number of hydrogen-bond donors (Lipinski definition) is 0. The zero-order valence-electron chi connectivity index (χ0n) is 10.3. The van der Waals surface area contributed by atoms with E-state index in [4.69, 9.17) is 4.74 Å². The van der Waals surface area contributed by atoms with Crippen LogP contribution in [0.3, 0.4) is 0 Å². The number of carbonyl (C=O) groups excluding carboxylic acids is 1. The average molecular weight is 393 g/mol. The van der Waals surface area contributed by atoms with Crippen molar-refractivity contribution in [3.05, 3.63) is 39.6 Å². The Morgan fingerprint density at radius 2 is 1.89 bits per heavy atom. The number of carbonyl (C=O) groups is 1. The molecule has 1 fully saturated rings. The summed E-state index contributed by atoms with van der Waals surface area (Å²) >= 11 is 1.89. The van der Waals surface area contributed by atoms with Crippen LogP contribution in [0, 0.1) is 6.92 Å². The molecule has 1 aromatic carbocycles. The average Bonchev–Trinajstić information content (AvgIpc) is 2.64. The van der Waals surface area contributed by atoms with Crippen molar-refractivity contribution in [2.75, 3.05) is 0 Å². The van der Waals surface area contributed by atoms with Gasteiger partial charge in [0.05, 0.1) is 10.6 Å². The molecule has 0 N–H and O–H groups in total. The molecule has 19 heavy (non-hydrogen) atoms. The van der Waals surface area contributed by atoms with Crippen LogP contribution in [0.4, 0.5) is 4.79 Å². The number of rotatable bonds is 2. The molecule has 7 heteroatoms. The van der Waals surface area contributed by atoms with E-state index in [2.05, 4.69) is 0 Å². The van der Waals surface area contributed by atoms with Crippen LogP contribution < -0.4 is 0 Å². The van der Waals surface area contributed by atoms with Gasteiger partial charge in [-0.05, 0) is 26.0 Å². The van der Waals surface area contributed by atoms with Gasteiger partial charge in [0, 0.05) is 4.08 Å². The fourth-order valence-electron chi connectivity index (χ4n) is 1.72. The number of sulfonamides is 1. The van der Waals surface area contributed by atoms with E-state index in [-0.39, 0.29) is 4.90 Å². The van der Waals surface area contributed by atoms with Gasteiger partial charge in [0.1, 0.15) is 6.10 Å².